The van der Waals surface area contributed by atoms with Crippen LogP contribution in [0.5, 0.6) is 0 Å². The van der Waals surface area contributed by atoms with Crippen LogP contribution in [-0.4, -0.2) is 18.6 Å². The number of hydrogen-bond acceptors (Lipinski definition) is 2. The summed E-state index contributed by atoms with van der Waals surface area (Å²) in [6.45, 7) is 0.652. The maximum atomic E-state index is 11.7. The van der Waals surface area contributed by atoms with E-state index in [0.717, 1.165) is 12.8 Å². The minimum absolute atomic E-state index is 0.129. The van der Waals surface area contributed by atoms with E-state index in [-0.39, 0.29) is 12.0 Å². The molecular formula is C11H11Cl2NO2. The second-order valence-corrected chi connectivity index (χ2v) is 4.43. The van der Waals surface area contributed by atoms with Crippen molar-refractivity contribution in [2.75, 3.05) is 11.9 Å². The van der Waals surface area contributed by atoms with E-state index >= 15 is 0 Å². The summed E-state index contributed by atoms with van der Waals surface area (Å²) in [5.41, 5.74) is 0.634. The highest BCUT2D eigenvalue weighted by Gasteiger charge is 2.23. The summed E-state index contributed by atoms with van der Waals surface area (Å²) in [7, 11) is 0. The number of carbonyl (C=O) groups excluding carboxylic acids is 1. The zero-order chi connectivity index (χ0) is 11.5. The number of nitrogens with one attached hydrogen (secondary N) is 1. The lowest BCUT2D eigenvalue weighted by atomic mass is 10.2. The molecule has 0 radical (unpaired) electrons. The van der Waals surface area contributed by atoms with Crippen molar-refractivity contribution >= 4 is 34.8 Å². The summed E-state index contributed by atoms with van der Waals surface area (Å²) in [6, 6.07) is 4.98. The van der Waals surface area contributed by atoms with Crippen molar-refractivity contribution in [2.24, 2.45) is 0 Å². The number of anilines is 1. The SMILES string of the molecule is O=C(Nc1ccc(Cl)c(Cl)c1)[C@@H]1CCCO1. The Labute approximate surface area is 104 Å². The van der Waals surface area contributed by atoms with Gasteiger partial charge in [-0.3, -0.25) is 4.79 Å². The molecule has 0 saturated carbocycles. The standard InChI is InChI=1S/C11H11Cl2NO2/c12-8-4-3-7(6-9(8)13)14-11(15)10-2-1-5-16-10/h3-4,6,10H,1-2,5H2,(H,14,15)/t10-/m0/s1. The van der Waals surface area contributed by atoms with E-state index in [4.69, 9.17) is 27.9 Å². The third kappa shape index (κ3) is 2.67. The minimum atomic E-state index is -0.338. The molecule has 1 amide bonds. The smallest absolute Gasteiger partial charge is 0.253 e. The van der Waals surface area contributed by atoms with Crippen molar-refractivity contribution in [3.05, 3.63) is 28.2 Å². The summed E-state index contributed by atoms with van der Waals surface area (Å²) in [4.78, 5) is 11.7. The molecule has 1 N–H and O–H groups in total. The Hall–Kier alpha value is -0.770. The van der Waals surface area contributed by atoms with Crippen molar-refractivity contribution in [3.8, 4) is 0 Å². The van der Waals surface area contributed by atoms with Gasteiger partial charge in [-0.05, 0) is 31.0 Å². The predicted molar refractivity (Wildman–Crippen MR) is 64.1 cm³/mol. The molecule has 1 aromatic rings. The first kappa shape index (κ1) is 11.7. The lowest BCUT2D eigenvalue weighted by Crippen LogP contribution is -2.26. The molecule has 1 heterocycles. The quantitative estimate of drug-likeness (QED) is 0.887. The fraction of sp³-hybridized carbons (Fsp3) is 0.364. The van der Waals surface area contributed by atoms with Gasteiger partial charge in [0.15, 0.2) is 0 Å². The fourth-order valence-corrected chi connectivity index (χ4v) is 1.88. The minimum Gasteiger partial charge on any atom is -0.368 e. The highest BCUT2D eigenvalue weighted by atomic mass is 35.5. The molecule has 0 spiro atoms. The first-order chi connectivity index (χ1) is 7.66. The molecule has 2 rings (SSSR count). The van der Waals surface area contributed by atoms with Gasteiger partial charge in [0.1, 0.15) is 6.10 Å². The second-order valence-electron chi connectivity index (χ2n) is 3.62. The maximum Gasteiger partial charge on any atom is 0.253 e. The van der Waals surface area contributed by atoms with Crippen LogP contribution in [-0.2, 0) is 9.53 Å². The van der Waals surface area contributed by atoms with Gasteiger partial charge in [-0.1, -0.05) is 23.2 Å². The molecule has 3 nitrogen and oxygen atoms in total. The summed E-state index contributed by atoms with van der Waals surface area (Å²) in [5, 5.41) is 3.64. The lowest BCUT2D eigenvalue weighted by molar-refractivity contribution is -0.124. The van der Waals surface area contributed by atoms with Gasteiger partial charge in [-0.15, -0.1) is 0 Å². The summed E-state index contributed by atoms with van der Waals surface area (Å²) >= 11 is 11.6. The fourth-order valence-electron chi connectivity index (χ4n) is 1.58. The van der Waals surface area contributed by atoms with Gasteiger partial charge in [0.2, 0.25) is 0 Å². The van der Waals surface area contributed by atoms with Crippen molar-refractivity contribution in [1.29, 1.82) is 0 Å². The number of rotatable bonds is 2. The zero-order valence-electron chi connectivity index (χ0n) is 8.50. The third-order valence-corrected chi connectivity index (χ3v) is 3.15. The van der Waals surface area contributed by atoms with E-state index in [1.807, 2.05) is 0 Å². The molecule has 0 aromatic heterocycles. The topological polar surface area (TPSA) is 38.3 Å². The van der Waals surface area contributed by atoms with E-state index in [9.17, 15) is 4.79 Å². The second kappa shape index (κ2) is 5.04. The molecule has 1 aromatic carbocycles. The summed E-state index contributed by atoms with van der Waals surface area (Å²) in [6.07, 6.45) is 1.36. The number of hydrogen-bond donors (Lipinski definition) is 1. The van der Waals surface area contributed by atoms with Crippen LogP contribution in [0.2, 0.25) is 10.0 Å². The number of benzene rings is 1. The van der Waals surface area contributed by atoms with Crippen LogP contribution in [0.1, 0.15) is 12.8 Å². The van der Waals surface area contributed by atoms with Crippen LogP contribution in [0.4, 0.5) is 5.69 Å². The molecule has 86 valence electrons. The Morgan fingerprint density at radius 3 is 2.81 bits per heavy atom. The predicted octanol–water partition coefficient (Wildman–Crippen LogP) is 3.11. The van der Waals surface area contributed by atoms with Crippen molar-refractivity contribution < 1.29 is 9.53 Å². The summed E-state index contributed by atoms with van der Waals surface area (Å²) in [5.74, 6) is -0.129. The van der Waals surface area contributed by atoms with E-state index < -0.39 is 0 Å². The largest absolute Gasteiger partial charge is 0.368 e. The van der Waals surface area contributed by atoms with Crippen LogP contribution in [0, 0.1) is 0 Å². The van der Waals surface area contributed by atoms with E-state index in [1.54, 1.807) is 18.2 Å². The highest BCUT2D eigenvalue weighted by Crippen LogP contribution is 2.25. The number of halogens is 2. The van der Waals surface area contributed by atoms with E-state index in [1.165, 1.54) is 0 Å². The van der Waals surface area contributed by atoms with E-state index in [2.05, 4.69) is 5.32 Å². The molecule has 1 aliphatic rings. The van der Waals surface area contributed by atoms with Gasteiger partial charge < -0.3 is 10.1 Å². The molecule has 1 aliphatic heterocycles. The molecule has 1 fully saturated rings. The highest BCUT2D eigenvalue weighted by molar-refractivity contribution is 6.42. The Balaban J connectivity index is 2.02. The van der Waals surface area contributed by atoms with Crippen LogP contribution in [0.25, 0.3) is 0 Å². The Morgan fingerprint density at radius 1 is 1.38 bits per heavy atom. The molecule has 0 aliphatic carbocycles. The van der Waals surface area contributed by atoms with Crippen LogP contribution < -0.4 is 5.32 Å². The third-order valence-electron chi connectivity index (χ3n) is 2.41. The molecule has 0 unspecified atom stereocenters. The normalized spacial score (nSPS) is 19.8. The van der Waals surface area contributed by atoms with Gasteiger partial charge in [-0.25, -0.2) is 0 Å². The van der Waals surface area contributed by atoms with Gasteiger partial charge >= 0.3 is 0 Å². The Bertz CT molecular complexity index is 403. The van der Waals surface area contributed by atoms with Gasteiger partial charge in [0.05, 0.1) is 10.0 Å². The zero-order valence-corrected chi connectivity index (χ0v) is 10.0. The van der Waals surface area contributed by atoms with Crippen molar-refractivity contribution in [2.45, 2.75) is 18.9 Å². The van der Waals surface area contributed by atoms with Gasteiger partial charge in [-0.2, -0.15) is 0 Å². The van der Waals surface area contributed by atoms with Crippen LogP contribution >= 0.6 is 23.2 Å². The average Bonchev–Trinajstić information content (AvgIpc) is 2.77. The van der Waals surface area contributed by atoms with Gasteiger partial charge in [0, 0.05) is 12.3 Å². The molecule has 1 atom stereocenters. The number of ether oxygens (including phenoxy) is 1. The van der Waals surface area contributed by atoms with Crippen molar-refractivity contribution in [3.63, 3.8) is 0 Å². The van der Waals surface area contributed by atoms with Crippen molar-refractivity contribution in [1.82, 2.24) is 0 Å². The van der Waals surface area contributed by atoms with Crippen LogP contribution in [0.15, 0.2) is 18.2 Å². The molecular weight excluding hydrogens is 249 g/mol. The number of carbonyl (C=O) groups is 1. The maximum absolute atomic E-state index is 11.7. The Morgan fingerprint density at radius 2 is 2.19 bits per heavy atom. The first-order valence-corrected chi connectivity index (χ1v) is 5.80. The first-order valence-electron chi connectivity index (χ1n) is 5.04. The lowest BCUT2D eigenvalue weighted by Gasteiger charge is -2.10. The average molecular weight is 260 g/mol. The van der Waals surface area contributed by atoms with E-state index in [0.29, 0.717) is 22.3 Å². The molecule has 16 heavy (non-hydrogen) atoms. The number of amides is 1. The molecule has 1 saturated heterocycles. The summed E-state index contributed by atoms with van der Waals surface area (Å²) < 4.78 is 5.27. The molecule has 0 bridgehead atoms. The Kier molecular flexibility index (Phi) is 3.69. The monoisotopic (exact) mass is 259 g/mol. The van der Waals surface area contributed by atoms with Crippen LogP contribution in [0.3, 0.4) is 0 Å². The molecule has 5 heteroatoms. The van der Waals surface area contributed by atoms with Gasteiger partial charge in [0.25, 0.3) is 5.91 Å².